The first-order valence-corrected chi connectivity index (χ1v) is 8.26. The highest BCUT2D eigenvalue weighted by Gasteiger charge is 2.29. The number of hydrogen-bond donors (Lipinski definition) is 0. The van der Waals surface area contributed by atoms with Gasteiger partial charge in [-0.05, 0) is 47.6 Å². The van der Waals surface area contributed by atoms with Gasteiger partial charge in [-0.1, -0.05) is 40.9 Å². The number of nitrogens with zero attached hydrogens (tertiary/aromatic N) is 1. The third-order valence-corrected chi connectivity index (χ3v) is 5.58. The lowest BCUT2D eigenvalue weighted by Crippen LogP contribution is -2.44. The van der Waals surface area contributed by atoms with Crippen LogP contribution in [0.3, 0.4) is 0 Å². The number of hydrogen-bond acceptors (Lipinski definition) is 1. The third-order valence-electron chi connectivity index (χ3n) is 3.57. The summed E-state index contributed by atoms with van der Waals surface area (Å²) in [6.07, 6.45) is 4.74. The van der Waals surface area contributed by atoms with E-state index in [0.29, 0.717) is 10.9 Å². The standard InChI is InChI=1S/C14H17BrINO/c1-17(13-9-5-3-7-11(13)15)14(18)10-6-2-4-8-12(10)16/h2,4,6,8,11,13H,3,5,7,9H2,1H3. The molecule has 0 N–H and O–H groups in total. The van der Waals surface area contributed by atoms with Crippen molar-refractivity contribution in [3.05, 3.63) is 33.4 Å². The van der Waals surface area contributed by atoms with Crippen molar-refractivity contribution in [3.63, 3.8) is 0 Å². The summed E-state index contributed by atoms with van der Waals surface area (Å²) in [4.78, 5) is 14.9. The maximum atomic E-state index is 12.5. The van der Waals surface area contributed by atoms with Crippen LogP contribution in [-0.2, 0) is 0 Å². The minimum absolute atomic E-state index is 0.136. The molecule has 18 heavy (non-hydrogen) atoms. The molecule has 0 radical (unpaired) electrons. The first-order chi connectivity index (χ1) is 8.61. The second kappa shape index (κ2) is 6.37. The zero-order valence-electron chi connectivity index (χ0n) is 10.4. The fraction of sp³-hybridized carbons (Fsp3) is 0.500. The predicted molar refractivity (Wildman–Crippen MR) is 86.2 cm³/mol. The summed E-state index contributed by atoms with van der Waals surface area (Å²) < 4.78 is 1.02. The quantitative estimate of drug-likeness (QED) is 0.520. The van der Waals surface area contributed by atoms with Crippen LogP contribution in [0.15, 0.2) is 24.3 Å². The van der Waals surface area contributed by atoms with Gasteiger partial charge in [-0.2, -0.15) is 0 Å². The lowest BCUT2D eigenvalue weighted by atomic mass is 9.94. The molecule has 0 bridgehead atoms. The molecule has 0 heterocycles. The van der Waals surface area contributed by atoms with Gasteiger partial charge in [0, 0.05) is 21.5 Å². The van der Waals surface area contributed by atoms with Gasteiger partial charge < -0.3 is 4.90 Å². The van der Waals surface area contributed by atoms with Crippen molar-refractivity contribution < 1.29 is 4.79 Å². The molecule has 0 spiro atoms. The van der Waals surface area contributed by atoms with Crippen molar-refractivity contribution in [2.75, 3.05) is 7.05 Å². The van der Waals surface area contributed by atoms with Crippen molar-refractivity contribution in [2.45, 2.75) is 36.6 Å². The zero-order valence-corrected chi connectivity index (χ0v) is 14.1. The fourth-order valence-corrected chi connectivity index (χ4v) is 4.04. The molecule has 1 aromatic carbocycles. The van der Waals surface area contributed by atoms with Crippen molar-refractivity contribution >= 4 is 44.4 Å². The summed E-state index contributed by atoms with van der Waals surface area (Å²) in [5.74, 6) is 0.136. The first kappa shape index (κ1) is 14.3. The van der Waals surface area contributed by atoms with Crippen LogP contribution in [-0.4, -0.2) is 28.7 Å². The molecule has 1 amide bonds. The van der Waals surface area contributed by atoms with E-state index < -0.39 is 0 Å². The minimum atomic E-state index is 0.136. The van der Waals surface area contributed by atoms with Crippen LogP contribution in [0.2, 0.25) is 0 Å². The SMILES string of the molecule is CN(C(=O)c1ccccc1I)C1CCCCC1Br. The number of halogens is 2. The lowest BCUT2D eigenvalue weighted by Gasteiger charge is -2.35. The largest absolute Gasteiger partial charge is 0.338 e. The Morgan fingerprint density at radius 2 is 2.00 bits per heavy atom. The Hall–Kier alpha value is -0.100. The number of benzene rings is 1. The molecule has 0 aliphatic heterocycles. The molecule has 0 aromatic heterocycles. The fourth-order valence-electron chi connectivity index (χ4n) is 2.48. The van der Waals surface area contributed by atoms with Crippen LogP contribution in [0.25, 0.3) is 0 Å². The smallest absolute Gasteiger partial charge is 0.254 e. The van der Waals surface area contributed by atoms with Gasteiger partial charge in [0.2, 0.25) is 0 Å². The van der Waals surface area contributed by atoms with Gasteiger partial charge >= 0.3 is 0 Å². The number of alkyl halides is 1. The van der Waals surface area contributed by atoms with E-state index in [1.165, 1.54) is 12.8 Å². The predicted octanol–water partition coefficient (Wildman–Crippen LogP) is 4.07. The summed E-state index contributed by atoms with van der Waals surface area (Å²) in [6.45, 7) is 0. The molecule has 0 saturated heterocycles. The van der Waals surface area contributed by atoms with E-state index in [1.54, 1.807) is 0 Å². The van der Waals surface area contributed by atoms with Crippen LogP contribution in [0.1, 0.15) is 36.0 Å². The van der Waals surface area contributed by atoms with E-state index in [2.05, 4.69) is 38.5 Å². The van der Waals surface area contributed by atoms with E-state index in [0.717, 1.165) is 22.0 Å². The lowest BCUT2D eigenvalue weighted by molar-refractivity contribution is 0.0703. The zero-order chi connectivity index (χ0) is 13.1. The Bertz CT molecular complexity index is 438. The van der Waals surface area contributed by atoms with E-state index >= 15 is 0 Å². The molecule has 1 aromatic rings. The van der Waals surface area contributed by atoms with E-state index in [1.807, 2.05) is 36.2 Å². The topological polar surface area (TPSA) is 20.3 Å². The molecule has 4 heteroatoms. The Balaban J connectivity index is 2.16. The van der Waals surface area contributed by atoms with Gasteiger partial charge in [0.15, 0.2) is 0 Å². The number of rotatable bonds is 2. The van der Waals surface area contributed by atoms with Crippen LogP contribution >= 0.6 is 38.5 Å². The highest BCUT2D eigenvalue weighted by molar-refractivity contribution is 14.1. The summed E-state index contributed by atoms with van der Waals surface area (Å²) in [7, 11) is 1.93. The maximum Gasteiger partial charge on any atom is 0.254 e. The van der Waals surface area contributed by atoms with Crippen molar-refractivity contribution in [1.82, 2.24) is 4.90 Å². The molecule has 2 nitrogen and oxygen atoms in total. The second-order valence-electron chi connectivity index (χ2n) is 4.76. The van der Waals surface area contributed by atoms with Crippen LogP contribution < -0.4 is 0 Å². The first-order valence-electron chi connectivity index (χ1n) is 6.27. The highest BCUT2D eigenvalue weighted by atomic mass is 127. The molecule has 2 rings (SSSR count). The van der Waals surface area contributed by atoms with Crippen LogP contribution in [0, 0.1) is 3.57 Å². The van der Waals surface area contributed by atoms with Gasteiger partial charge in [-0.3, -0.25) is 4.79 Å². The molecule has 1 fully saturated rings. The number of carbonyl (C=O) groups is 1. The van der Waals surface area contributed by atoms with Crippen molar-refractivity contribution in [3.8, 4) is 0 Å². The molecule has 1 saturated carbocycles. The molecule has 1 aliphatic rings. The Kier molecular flexibility index (Phi) is 5.06. The monoisotopic (exact) mass is 421 g/mol. The highest BCUT2D eigenvalue weighted by Crippen LogP contribution is 2.29. The van der Waals surface area contributed by atoms with Gasteiger partial charge in [-0.15, -0.1) is 0 Å². The van der Waals surface area contributed by atoms with E-state index in [4.69, 9.17) is 0 Å². The Morgan fingerprint density at radius 1 is 1.33 bits per heavy atom. The van der Waals surface area contributed by atoms with E-state index in [9.17, 15) is 4.79 Å². The number of amides is 1. The molecule has 2 unspecified atom stereocenters. The van der Waals surface area contributed by atoms with Crippen molar-refractivity contribution in [2.24, 2.45) is 0 Å². The summed E-state index contributed by atoms with van der Waals surface area (Å²) in [6, 6.07) is 8.10. The molecular weight excluding hydrogens is 405 g/mol. The van der Waals surface area contributed by atoms with Gasteiger partial charge in [-0.25, -0.2) is 0 Å². The second-order valence-corrected chi connectivity index (χ2v) is 7.10. The minimum Gasteiger partial charge on any atom is -0.338 e. The van der Waals surface area contributed by atoms with Crippen LogP contribution in [0.5, 0.6) is 0 Å². The Morgan fingerprint density at radius 3 is 2.67 bits per heavy atom. The van der Waals surface area contributed by atoms with Crippen LogP contribution in [0.4, 0.5) is 0 Å². The number of carbonyl (C=O) groups excluding carboxylic acids is 1. The normalized spacial score (nSPS) is 23.7. The maximum absolute atomic E-state index is 12.5. The summed E-state index contributed by atoms with van der Waals surface area (Å²) in [5, 5.41) is 0. The van der Waals surface area contributed by atoms with Gasteiger partial charge in [0.1, 0.15) is 0 Å². The molecule has 1 aliphatic carbocycles. The van der Waals surface area contributed by atoms with Gasteiger partial charge in [0.05, 0.1) is 5.56 Å². The van der Waals surface area contributed by atoms with Gasteiger partial charge in [0.25, 0.3) is 5.91 Å². The molecular formula is C14H17BrINO. The average Bonchev–Trinajstić information content (AvgIpc) is 2.38. The summed E-state index contributed by atoms with van der Waals surface area (Å²) in [5.41, 5.74) is 0.811. The Labute approximate surface area is 130 Å². The molecule has 2 atom stereocenters. The average molecular weight is 422 g/mol. The molecule has 98 valence electrons. The third kappa shape index (κ3) is 3.07. The summed E-state index contributed by atoms with van der Waals surface area (Å²) >= 11 is 5.94. The van der Waals surface area contributed by atoms with E-state index in [-0.39, 0.29) is 5.91 Å². The van der Waals surface area contributed by atoms with Crippen molar-refractivity contribution in [1.29, 1.82) is 0 Å².